The van der Waals surface area contributed by atoms with E-state index < -0.39 is 0 Å². The molecule has 2 heterocycles. The summed E-state index contributed by atoms with van der Waals surface area (Å²) in [6.07, 6.45) is 2.11. The van der Waals surface area contributed by atoms with Crippen LogP contribution in [0, 0.1) is 20.8 Å². The summed E-state index contributed by atoms with van der Waals surface area (Å²) in [5, 5.41) is 2.37. The second-order valence-electron chi connectivity index (χ2n) is 6.44. The molecule has 2 heteroatoms. The van der Waals surface area contributed by atoms with Crippen LogP contribution >= 0.6 is 0 Å². The van der Waals surface area contributed by atoms with Crippen molar-refractivity contribution in [3.05, 3.63) is 65.4 Å². The predicted molar refractivity (Wildman–Crippen MR) is 94.5 cm³/mol. The van der Waals surface area contributed by atoms with E-state index in [2.05, 4.69) is 81.0 Å². The van der Waals surface area contributed by atoms with Crippen LogP contribution in [-0.4, -0.2) is 0 Å². The molecule has 0 atom stereocenters. The van der Waals surface area contributed by atoms with Gasteiger partial charge < -0.3 is 4.42 Å². The maximum absolute atomic E-state index is 6.28. The summed E-state index contributed by atoms with van der Waals surface area (Å²) >= 11 is 0. The minimum atomic E-state index is 0.960. The van der Waals surface area contributed by atoms with Crippen LogP contribution in [0.4, 0.5) is 0 Å². The van der Waals surface area contributed by atoms with Crippen molar-refractivity contribution >= 4 is 21.9 Å². The number of pyridine rings is 1. The van der Waals surface area contributed by atoms with Crippen molar-refractivity contribution in [3.8, 4) is 11.3 Å². The van der Waals surface area contributed by atoms with E-state index in [4.69, 9.17) is 4.42 Å². The van der Waals surface area contributed by atoms with E-state index in [9.17, 15) is 0 Å². The number of hydrogen-bond donors (Lipinski definition) is 0. The fraction of sp³-hybridized carbons (Fsp3) is 0.190. The lowest BCUT2D eigenvalue weighted by atomic mass is 10.00. The van der Waals surface area contributed by atoms with Crippen LogP contribution < -0.4 is 4.57 Å². The molecule has 0 N–H and O–H groups in total. The molecule has 0 fully saturated rings. The molecule has 0 aliphatic rings. The predicted octanol–water partition coefficient (Wildman–Crippen LogP) is 5.00. The third kappa shape index (κ3) is 2.14. The molecule has 0 aliphatic carbocycles. The molecule has 0 unspecified atom stereocenters. The summed E-state index contributed by atoms with van der Waals surface area (Å²) in [7, 11) is 2.08. The summed E-state index contributed by atoms with van der Waals surface area (Å²) in [4.78, 5) is 0. The zero-order valence-electron chi connectivity index (χ0n) is 14.0. The lowest BCUT2D eigenvalue weighted by molar-refractivity contribution is -0.660. The van der Waals surface area contributed by atoms with Crippen LogP contribution in [0.25, 0.3) is 33.2 Å². The van der Waals surface area contributed by atoms with E-state index in [1.54, 1.807) is 0 Å². The number of aromatic nitrogens is 1. The third-order valence-electron chi connectivity index (χ3n) is 4.57. The summed E-state index contributed by atoms with van der Waals surface area (Å²) in [5.74, 6) is 0. The van der Waals surface area contributed by atoms with Gasteiger partial charge in [0.2, 0.25) is 5.69 Å². The maximum atomic E-state index is 6.28. The van der Waals surface area contributed by atoms with Crippen LogP contribution in [0.15, 0.2) is 53.1 Å². The second kappa shape index (κ2) is 4.95. The van der Waals surface area contributed by atoms with Crippen molar-refractivity contribution in [3.63, 3.8) is 0 Å². The van der Waals surface area contributed by atoms with E-state index >= 15 is 0 Å². The van der Waals surface area contributed by atoms with Gasteiger partial charge in [0, 0.05) is 22.9 Å². The average Bonchev–Trinajstić information content (AvgIpc) is 2.87. The second-order valence-corrected chi connectivity index (χ2v) is 6.44. The van der Waals surface area contributed by atoms with Gasteiger partial charge in [-0.25, -0.2) is 4.57 Å². The molecule has 0 saturated carbocycles. The van der Waals surface area contributed by atoms with Crippen molar-refractivity contribution < 1.29 is 8.98 Å². The van der Waals surface area contributed by atoms with Gasteiger partial charge in [0.25, 0.3) is 0 Å². The largest absolute Gasteiger partial charge is 0.455 e. The highest BCUT2D eigenvalue weighted by atomic mass is 16.3. The maximum Gasteiger partial charge on any atom is 0.216 e. The monoisotopic (exact) mass is 302 g/mol. The number of nitrogens with zero attached hydrogens (tertiary/aromatic N) is 1. The number of fused-ring (bicyclic) bond motifs is 3. The molecule has 2 aromatic heterocycles. The van der Waals surface area contributed by atoms with Gasteiger partial charge in [0.05, 0.1) is 5.56 Å². The first-order valence-corrected chi connectivity index (χ1v) is 7.94. The summed E-state index contributed by atoms with van der Waals surface area (Å²) in [5.41, 5.74) is 8.01. The minimum Gasteiger partial charge on any atom is -0.455 e. The van der Waals surface area contributed by atoms with Crippen molar-refractivity contribution in [2.75, 3.05) is 0 Å². The van der Waals surface area contributed by atoms with Crippen LogP contribution in [0.5, 0.6) is 0 Å². The number of rotatable bonds is 1. The first kappa shape index (κ1) is 14.0. The Morgan fingerprint density at radius 1 is 0.826 bits per heavy atom. The normalized spacial score (nSPS) is 11.5. The van der Waals surface area contributed by atoms with Gasteiger partial charge in [-0.2, -0.15) is 0 Å². The van der Waals surface area contributed by atoms with E-state index in [1.165, 1.54) is 38.7 Å². The molecular weight excluding hydrogens is 282 g/mol. The molecule has 4 aromatic rings. The fourth-order valence-electron chi connectivity index (χ4n) is 3.29. The van der Waals surface area contributed by atoms with Gasteiger partial charge in [-0.1, -0.05) is 24.3 Å². The minimum absolute atomic E-state index is 0.960. The Bertz CT molecular complexity index is 1060. The molecule has 0 aliphatic heterocycles. The van der Waals surface area contributed by atoms with Gasteiger partial charge in [0.1, 0.15) is 18.2 Å². The van der Waals surface area contributed by atoms with Crippen LogP contribution in [0.1, 0.15) is 16.7 Å². The lowest BCUT2D eigenvalue weighted by Crippen LogP contribution is -2.30. The highest BCUT2D eigenvalue weighted by Crippen LogP contribution is 2.37. The van der Waals surface area contributed by atoms with Crippen molar-refractivity contribution in [1.29, 1.82) is 0 Å². The van der Waals surface area contributed by atoms with Crippen LogP contribution in [0.2, 0.25) is 0 Å². The molecule has 2 nitrogen and oxygen atoms in total. The van der Waals surface area contributed by atoms with E-state index in [0.29, 0.717) is 0 Å². The summed E-state index contributed by atoms with van der Waals surface area (Å²) < 4.78 is 8.44. The standard InChI is InChI=1S/C21H20NO/c1-13-5-7-16-17-8-6-15(3)20(21(17)23-19(16)12-13)18-11-14(2)9-10-22(18)4/h5-12H,1-4H3/q+1. The fourth-order valence-corrected chi connectivity index (χ4v) is 3.29. The van der Waals surface area contributed by atoms with Crippen LogP contribution in [0.3, 0.4) is 0 Å². The van der Waals surface area contributed by atoms with E-state index in [0.717, 1.165) is 11.2 Å². The van der Waals surface area contributed by atoms with Gasteiger partial charge in [-0.3, -0.25) is 0 Å². The Balaban J connectivity index is 2.15. The zero-order valence-corrected chi connectivity index (χ0v) is 14.0. The molecule has 0 amide bonds. The molecule has 4 rings (SSSR count). The van der Waals surface area contributed by atoms with Gasteiger partial charge in [-0.15, -0.1) is 0 Å². The summed E-state index contributed by atoms with van der Waals surface area (Å²) in [6, 6.07) is 15.1. The Kier molecular flexibility index (Phi) is 3.02. The topological polar surface area (TPSA) is 17.0 Å². The highest BCUT2D eigenvalue weighted by Gasteiger charge is 2.20. The number of hydrogen-bond acceptors (Lipinski definition) is 1. The average molecular weight is 302 g/mol. The Morgan fingerprint density at radius 3 is 2.39 bits per heavy atom. The Labute approximate surface area is 136 Å². The first-order chi connectivity index (χ1) is 11.0. The third-order valence-corrected chi connectivity index (χ3v) is 4.57. The van der Waals surface area contributed by atoms with Gasteiger partial charge in [0.15, 0.2) is 6.20 Å². The van der Waals surface area contributed by atoms with E-state index in [-0.39, 0.29) is 0 Å². The van der Waals surface area contributed by atoms with Crippen molar-refractivity contribution in [1.82, 2.24) is 0 Å². The number of benzene rings is 2. The molecule has 2 aromatic carbocycles. The molecule has 0 spiro atoms. The Morgan fingerprint density at radius 2 is 1.57 bits per heavy atom. The zero-order chi connectivity index (χ0) is 16.1. The van der Waals surface area contributed by atoms with Gasteiger partial charge in [-0.05, 0) is 43.5 Å². The molecular formula is C21H20NO+. The van der Waals surface area contributed by atoms with Crippen LogP contribution in [-0.2, 0) is 7.05 Å². The quantitative estimate of drug-likeness (QED) is 0.452. The van der Waals surface area contributed by atoms with Gasteiger partial charge >= 0.3 is 0 Å². The van der Waals surface area contributed by atoms with Crippen molar-refractivity contribution in [2.24, 2.45) is 7.05 Å². The van der Waals surface area contributed by atoms with Crippen molar-refractivity contribution in [2.45, 2.75) is 20.8 Å². The molecule has 23 heavy (non-hydrogen) atoms. The number of furan rings is 1. The Hall–Kier alpha value is -2.61. The SMILES string of the molecule is Cc1cc[n+](C)c(-c2c(C)ccc3c2oc2cc(C)ccc23)c1. The molecule has 0 saturated heterocycles. The van der Waals surface area contributed by atoms with E-state index in [1.807, 2.05) is 0 Å². The lowest BCUT2D eigenvalue weighted by Gasteiger charge is -2.06. The first-order valence-electron chi connectivity index (χ1n) is 7.94. The molecule has 0 radical (unpaired) electrons. The molecule has 114 valence electrons. The summed E-state index contributed by atoms with van der Waals surface area (Å²) in [6.45, 7) is 6.37. The smallest absolute Gasteiger partial charge is 0.216 e. The number of aryl methyl sites for hydroxylation is 4. The highest BCUT2D eigenvalue weighted by molar-refractivity contribution is 6.09. The molecule has 0 bridgehead atoms.